The van der Waals surface area contributed by atoms with Gasteiger partial charge in [-0.2, -0.15) is 0 Å². The average molecular weight is 397 g/mol. The van der Waals surface area contributed by atoms with E-state index in [4.69, 9.17) is 0 Å². The molecule has 4 aliphatic carbocycles. The average Bonchev–Trinajstić information content (AvgIpc) is 3.29. The topological polar surface area (TPSA) is 0 Å². The summed E-state index contributed by atoms with van der Waals surface area (Å²) >= 11 is 0. The molecule has 0 heterocycles. The van der Waals surface area contributed by atoms with Gasteiger partial charge in [-0.15, -0.1) is 0 Å². The molecule has 0 heteroatoms. The lowest BCUT2D eigenvalue weighted by atomic mass is 9.71. The van der Waals surface area contributed by atoms with Crippen molar-refractivity contribution >= 4 is 16.7 Å². The molecule has 7 rings (SSSR count). The second kappa shape index (κ2) is 6.08. The Morgan fingerprint density at radius 2 is 1.42 bits per heavy atom. The smallest absolute Gasteiger partial charge is 0.0205 e. The van der Waals surface area contributed by atoms with Gasteiger partial charge in [0.15, 0.2) is 0 Å². The van der Waals surface area contributed by atoms with Crippen molar-refractivity contribution in [3.8, 4) is 11.1 Å². The van der Waals surface area contributed by atoms with Gasteiger partial charge in [-0.25, -0.2) is 0 Å². The molecule has 0 radical (unpaired) electrons. The summed E-state index contributed by atoms with van der Waals surface area (Å²) in [7, 11) is 0. The van der Waals surface area contributed by atoms with Crippen LogP contribution in [-0.4, -0.2) is 0 Å². The van der Waals surface area contributed by atoms with Crippen molar-refractivity contribution in [1.82, 2.24) is 0 Å². The molecule has 0 nitrogen and oxygen atoms in total. The molecule has 3 aromatic carbocycles. The predicted octanol–water partition coefficient (Wildman–Crippen LogP) is 7.81. The summed E-state index contributed by atoms with van der Waals surface area (Å²) in [5.41, 5.74) is 15.8. The van der Waals surface area contributed by atoms with E-state index in [1.165, 1.54) is 61.2 Å². The van der Waals surface area contributed by atoms with E-state index < -0.39 is 0 Å². The van der Waals surface area contributed by atoms with Crippen LogP contribution in [0, 0.1) is 18.8 Å². The highest BCUT2D eigenvalue weighted by Gasteiger charge is 2.40. The summed E-state index contributed by atoms with van der Waals surface area (Å²) in [6, 6.07) is 22.8. The second-order valence-corrected chi connectivity index (χ2v) is 9.36. The van der Waals surface area contributed by atoms with Gasteiger partial charge in [0.1, 0.15) is 0 Å². The minimum atomic E-state index is 0.404. The molecule has 31 heavy (non-hydrogen) atoms. The van der Waals surface area contributed by atoms with E-state index in [1.807, 2.05) is 0 Å². The van der Waals surface area contributed by atoms with Crippen LogP contribution in [0.1, 0.15) is 46.2 Å². The number of fused-ring (bicyclic) bond motifs is 6. The number of hydrogen-bond acceptors (Lipinski definition) is 0. The summed E-state index contributed by atoms with van der Waals surface area (Å²) in [6.45, 7) is 4.60. The van der Waals surface area contributed by atoms with Gasteiger partial charge in [-0.3, -0.25) is 0 Å². The van der Waals surface area contributed by atoms with Crippen molar-refractivity contribution in [3.05, 3.63) is 124 Å². The minimum Gasteiger partial charge on any atom is -0.0760 e. The molecule has 4 aliphatic rings. The third-order valence-electron chi connectivity index (χ3n) is 7.87. The third kappa shape index (κ3) is 2.20. The number of benzene rings is 3. The normalized spacial score (nSPS) is 23.9. The van der Waals surface area contributed by atoms with Gasteiger partial charge in [0.25, 0.3) is 0 Å². The molecule has 3 aromatic rings. The van der Waals surface area contributed by atoms with Crippen molar-refractivity contribution in [2.45, 2.75) is 19.8 Å². The van der Waals surface area contributed by atoms with Crippen LogP contribution < -0.4 is 0 Å². The molecule has 0 spiro atoms. The lowest BCUT2D eigenvalue weighted by Gasteiger charge is -2.31. The van der Waals surface area contributed by atoms with Crippen LogP contribution in [0.3, 0.4) is 0 Å². The summed E-state index contributed by atoms with van der Waals surface area (Å²) in [5.74, 6) is 1.32. The first-order valence-corrected chi connectivity index (χ1v) is 11.4. The van der Waals surface area contributed by atoms with Crippen LogP contribution >= 0.6 is 0 Å². The van der Waals surface area contributed by atoms with E-state index in [1.54, 1.807) is 0 Å². The highest BCUT2D eigenvalue weighted by molar-refractivity contribution is 6.00. The zero-order chi connectivity index (χ0) is 20.7. The fourth-order valence-corrected chi connectivity index (χ4v) is 6.51. The molecule has 0 saturated heterocycles. The molecule has 0 bridgehead atoms. The van der Waals surface area contributed by atoms with Crippen LogP contribution in [0.5, 0.6) is 0 Å². The first kappa shape index (κ1) is 17.3. The summed E-state index contributed by atoms with van der Waals surface area (Å²) in [4.78, 5) is 0. The van der Waals surface area contributed by atoms with Gasteiger partial charge in [0, 0.05) is 17.8 Å². The molecular weight excluding hydrogens is 372 g/mol. The number of allylic oxidation sites excluding steroid dienone is 8. The number of rotatable bonds is 1. The van der Waals surface area contributed by atoms with E-state index in [-0.39, 0.29) is 0 Å². The van der Waals surface area contributed by atoms with Gasteiger partial charge < -0.3 is 0 Å². The maximum atomic E-state index is 2.45. The Hall–Kier alpha value is -3.38. The predicted molar refractivity (Wildman–Crippen MR) is 131 cm³/mol. The lowest BCUT2D eigenvalue weighted by Crippen LogP contribution is -2.18. The number of hydrogen-bond donors (Lipinski definition) is 0. The second-order valence-electron chi connectivity index (χ2n) is 9.36. The molecule has 3 unspecified atom stereocenters. The van der Waals surface area contributed by atoms with Crippen molar-refractivity contribution in [2.75, 3.05) is 0 Å². The lowest BCUT2D eigenvalue weighted by molar-refractivity contribution is 0.725. The Morgan fingerprint density at radius 3 is 2.26 bits per heavy atom. The van der Waals surface area contributed by atoms with Gasteiger partial charge in [0.2, 0.25) is 0 Å². The molecule has 148 valence electrons. The van der Waals surface area contributed by atoms with Crippen LogP contribution in [0.15, 0.2) is 91.0 Å². The Balaban J connectivity index is 1.39. The molecule has 0 N–H and O–H groups in total. The molecular formula is C31H24. The summed E-state index contributed by atoms with van der Waals surface area (Å²) in [5, 5.41) is 0. The molecule has 0 saturated carbocycles. The molecule has 0 aliphatic heterocycles. The Kier molecular flexibility index (Phi) is 3.39. The largest absolute Gasteiger partial charge is 0.0760 e. The van der Waals surface area contributed by atoms with E-state index >= 15 is 0 Å². The monoisotopic (exact) mass is 396 g/mol. The van der Waals surface area contributed by atoms with Crippen molar-refractivity contribution in [1.29, 1.82) is 0 Å². The summed E-state index contributed by atoms with van der Waals surface area (Å²) < 4.78 is 0. The van der Waals surface area contributed by atoms with Crippen LogP contribution in [0.25, 0.3) is 27.8 Å². The Bertz CT molecular complexity index is 1410. The zero-order valence-corrected chi connectivity index (χ0v) is 17.9. The summed E-state index contributed by atoms with van der Waals surface area (Å²) in [6.07, 6.45) is 11.8. The molecule has 0 aromatic heterocycles. The fourth-order valence-electron chi connectivity index (χ4n) is 6.51. The van der Waals surface area contributed by atoms with Crippen molar-refractivity contribution in [2.24, 2.45) is 11.8 Å². The SMILES string of the molecule is Cc1cccc2c1C(C)c1ccc(C3=CC=C4c5ccccc5C5=CC=CC3C54)cc1-2. The van der Waals surface area contributed by atoms with Crippen molar-refractivity contribution in [3.63, 3.8) is 0 Å². The van der Waals surface area contributed by atoms with E-state index in [0.29, 0.717) is 17.8 Å². The van der Waals surface area contributed by atoms with E-state index in [9.17, 15) is 0 Å². The highest BCUT2D eigenvalue weighted by atomic mass is 14.4. The van der Waals surface area contributed by atoms with E-state index in [2.05, 4.69) is 105 Å². The van der Waals surface area contributed by atoms with Crippen LogP contribution in [0.4, 0.5) is 0 Å². The maximum Gasteiger partial charge on any atom is 0.0205 e. The van der Waals surface area contributed by atoms with Gasteiger partial charge in [-0.05, 0) is 74.2 Å². The minimum absolute atomic E-state index is 0.404. The standard InChI is InChI=1S/C31H24/c1-18-7-5-10-27-29-17-20(13-14-21(29)19(2)30(18)27)22-15-16-28-24-9-4-3-8-23(24)26-12-6-11-25(22)31(26)28/h3-17,19,25,31H,1-2H3. The fraction of sp³-hybridized carbons (Fsp3) is 0.161. The molecule has 0 amide bonds. The maximum absolute atomic E-state index is 2.45. The molecule has 0 fully saturated rings. The van der Waals surface area contributed by atoms with Crippen molar-refractivity contribution < 1.29 is 0 Å². The third-order valence-corrected chi connectivity index (χ3v) is 7.87. The quantitative estimate of drug-likeness (QED) is 0.393. The van der Waals surface area contributed by atoms with Gasteiger partial charge >= 0.3 is 0 Å². The van der Waals surface area contributed by atoms with Gasteiger partial charge in [0.05, 0.1) is 0 Å². The van der Waals surface area contributed by atoms with E-state index in [0.717, 1.165) is 0 Å². The molecule has 3 atom stereocenters. The van der Waals surface area contributed by atoms with Crippen LogP contribution in [0.2, 0.25) is 0 Å². The Labute approximate surface area is 184 Å². The van der Waals surface area contributed by atoms with Gasteiger partial charge in [-0.1, -0.05) is 91.9 Å². The Morgan fingerprint density at radius 1 is 0.677 bits per heavy atom. The zero-order valence-electron chi connectivity index (χ0n) is 17.9. The first-order chi connectivity index (χ1) is 15.2. The first-order valence-electron chi connectivity index (χ1n) is 11.4. The number of aryl methyl sites for hydroxylation is 1. The highest BCUT2D eigenvalue weighted by Crippen LogP contribution is 2.56. The van der Waals surface area contributed by atoms with Crippen LogP contribution in [-0.2, 0) is 0 Å².